The molecule has 1 spiro atoms. The second kappa shape index (κ2) is 6.02. The summed E-state index contributed by atoms with van der Waals surface area (Å²) in [7, 11) is -2.23. The summed E-state index contributed by atoms with van der Waals surface area (Å²) in [5, 5.41) is 0. The average molecular weight is 304 g/mol. The van der Waals surface area contributed by atoms with Crippen molar-refractivity contribution in [3.63, 3.8) is 0 Å². The van der Waals surface area contributed by atoms with Crippen molar-refractivity contribution in [3.8, 4) is 0 Å². The maximum absolute atomic E-state index is 12.0. The molecule has 20 heavy (non-hydrogen) atoms. The van der Waals surface area contributed by atoms with Crippen molar-refractivity contribution in [2.24, 2.45) is 11.3 Å². The normalized spacial score (nSPS) is 30.1. The van der Waals surface area contributed by atoms with E-state index >= 15 is 0 Å². The molecule has 2 fully saturated rings. The molecule has 5 nitrogen and oxygen atoms in total. The Labute approximate surface area is 121 Å². The summed E-state index contributed by atoms with van der Waals surface area (Å²) >= 11 is 0. The molecule has 0 unspecified atom stereocenters. The van der Waals surface area contributed by atoms with E-state index in [0.717, 1.165) is 44.8 Å². The highest BCUT2D eigenvalue weighted by Crippen LogP contribution is 2.51. The summed E-state index contributed by atoms with van der Waals surface area (Å²) in [6.45, 7) is 0. The van der Waals surface area contributed by atoms with Gasteiger partial charge in [-0.2, -0.15) is 8.42 Å². The highest BCUT2D eigenvalue weighted by molar-refractivity contribution is 7.86. The summed E-state index contributed by atoms with van der Waals surface area (Å²) in [4.78, 5) is 12.0. The first-order valence-electron chi connectivity index (χ1n) is 7.34. The number of hydrogen-bond donors (Lipinski definition) is 0. The molecule has 0 aromatic rings. The van der Waals surface area contributed by atoms with E-state index in [9.17, 15) is 13.2 Å². The lowest BCUT2D eigenvalue weighted by atomic mass is 9.60. The summed E-state index contributed by atoms with van der Waals surface area (Å²) in [5.74, 6) is -0.801. The Morgan fingerprint density at radius 3 is 2.25 bits per heavy atom. The Bertz CT molecular complexity index is 445. The van der Waals surface area contributed by atoms with E-state index in [2.05, 4.69) is 0 Å². The van der Waals surface area contributed by atoms with Gasteiger partial charge in [0.05, 0.1) is 25.4 Å². The van der Waals surface area contributed by atoms with Gasteiger partial charge in [0.15, 0.2) is 0 Å². The minimum atomic E-state index is -3.58. The minimum absolute atomic E-state index is 0.168. The van der Waals surface area contributed by atoms with Crippen molar-refractivity contribution in [1.29, 1.82) is 0 Å². The van der Waals surface area contributed by atoms with Gasteiger partial charge in [-0.1, -0.05) is 25.7 Å². The van der Waals surface area contributed by atoms with Crippen LogP contribution in [0, 0.1) is 11.3 Å². The number of hydrogen-bond acceptors (Lipinski definition) is 5. The fraction of sp³-hybridized carbons (Fsp3) is 0.929. The van der Waals surface area contributed by atoms with Crippen LogP contribution in [0.5, 0.6) is 0 Å². The summed E-state index contributed by atoms with van der Waals surface area (Å²) in [6, 6.07) is 0. The van der Waals surface area contributed by atoms with Gasteiger partial charge in [-0.05, 0) is 31.1 Å². The van der Waals surface area contributed by atoms with E-state index in [1.807, 2.05) is 0 Å². The Kier molecular flexibility index (Phi) is 4.74. The van der Waals surface area contributed by atoms with Crippen LogP contribution < -0.4 is 0 Å². The van der Waals surface area contributed by atoms with Crippen LogP contribution in [0.4, 0.5) is 0 Å². The zero-order valence-corrected chi connectivity index (χ0v) is 13.1. The quantitative estimate of drug-likeness (QED) is 0.591. The number of rotatable bonds is 3. The second-order valence-corrected chi connectivity index (χ2v) is 7.77. The highest BCUT2D eigenvalue weighted by atomic mass is 32.2. The molecule has 0 saturated heterocycles. The third kappa shape index (κ3) is 3.34. The average Bonchev–Trinajstić information content (AvgIpc) is 2.40. The number of esters is 1. The van der Waals surface area contributed by atoms with Gasteiger partial charge < -0.3 is 4.74 Å². The molecule has 0 bridgehead atoms. The maximum Gasteiger partial charge on any atom is 0.311 e. The van der Waals surface area contributed by atoms with Crippen LogP contribution in [0.25, 0.3) is 0 Å². The zero-order valence-electron chi connectivity index (χ0n) is 12.3. The standard InChI is InChI=1S/C14H24O5S/c1-18-13(15)11-7-6-10-14(8-4-3-5-9-14)12(11)19-20(2,16)17/h11-12H,3-10H2,1-2H3/t11-,12-/m1/s1. The van der Waals surface area contributed by atoms with Gasteiger partial charge in [-0.15, -0.1) is 0 Å². The molecule has 2 aliphatic rings. The van der Waals surface area contributed by atoms with Crippen molar-refractivity contribution in [1.82, 2.24) is 0 Å². The van der Waals surface area contributed by atoms with Crippen LogP contribution in [0.1, 0.15) is 51.4 Å². The Balaban J connectivity index is 2.31. The van der Waals surface area contributed by atoms with Crippen LogP contribution in [0.2, 0.25) is 0 Å². The minimum Gasteiger partial charge on any atom is -0.469 e. The molecular formula is C14H24O5S. The van der Waals surface area contributed by atoms with Gasteiger partial charge >= 0.3 is 5.97 Å². The first-order chi connectivity index (χ1) is 9.38. The van der Waals surface area contributed by atoms with Gasteiger partial charge in [-0.25, -0.2) is 0 Å². The Morgan fingerprint density at radius 1 is 1.10 bits per heavy atom. The molecule has 0 radical (unpaired) electrons. The van der Waals surface area contributed by atoms with E-state index in [-0.39, 0.29) is 11.4 Å². The number of ether oxygens (including phenoxy) is 1. The molecule has 0 aliphatic heterocycles. The van der Waals surface area contributed by atoms with Gasteiger partial charge in [0.25, 0.3) is 10.1 Å². The van der Waals surface area contributed by atoms with Crippen molar-refractivity contribution < 1.29 is 22.1 Å². The van der Waals surface area contributed by atoms with Crippen LogP contribution in [0.3, 0.4) is 0 Å². The topological polar surface area (TPSA) is 69.7 Å². The second-order valence-electron chi connectivity index (χ2n) is 6.17. The maximum atomic E-state index is 12.0. The van der Waals surface area contributed by atoms with E-state index in [0.29, 0.717) is 6.42 Å². The molecule has 0 aromatic heterocycles. The van der Waals surface area contributed by atoms with Gasteiger partial charge in [0.2, 0.25) is 0 Å². The van der Waals surface area contributed by atoms with Crippen LogP contribution >= 0.6 is 0 Å². The number of carbonyl (C=O) groups excluding carboxylic acids is 1. The van der Waals surface area contributed by atoms with Crippen molar-refractivity contribution >= 4 is 16.1 Å². The summed E-state index contributed by atoms with van der Waals surface area (Å²) < 4.78 is 33.4. The zero-order chi connectivity index (χ0) is 14.8. The van der Waals surface area contributed by atoms with Crippen LogP contribution in [0.15, 0.2) is 0 Å². The van der Waals surface area contributed by atoms with Gasteiger partial charge in [0, 0.05) is 0 Å². The van der Waals surface area contributed by atoms with Gasteiger partial charge in [-0.3, -0.25) is 8.98 Å². The lowest BCUT2D eigenvalue weighted by Gasteiger charge is -2.48. The number of methoxy groups -OCH3 is 1. The smallest absolute Gasteiger partial charge is 0.311 e. The monoisotopic (exact) mass is 304 g/mol. The van der Waals surface area contributed by atoms with E-state index in [1.54, 1.807) is 0 Å². The molecule has 6 heteroatoms. The molecule has 0 aromatic carbocycles. The van der Waals surface area contributed by atoms with E-state index < -0.39 is 22.1 Å². The SMILES string of the molecule is COC(=O)[C@@H]1CCCC2(CCCCC2)[C@@H]1OS(C)(=O)=O. The van der Waals surface area contributed by atoms with Gasteiger partial charge in [0.1, 0.15) is 0 Å². The van der Waals surface area contributed by atoms with E-state index in [4.69, 9.17) is 8.92 Å². The van der Waals surface area contributed by atoms with Crippen molar-refractivity contribution in [2.75, 3.05) is 13.4 Å². The molecular weight excluding hydrogens is 280 g/mol. The lowest BCUT2D eigenvalue weighted by Crippen LogP contribution is -2.50. The third-order valence-electron chi connectivity index (χ3n) is 4.79. The molecule has 2 rings (SSSR count). The molecule has 2 aliphatic carbocycles. The largest absolute Gasteiger partial charge is 0.469 e. The predicted molar refractivity (Wildman–Crippen MR) is 74.6 cm³/mol. The third-order valence-corrected chi connectivity index (χ3v) is 5.35. The van der Waals surface area contributed by atoms with Crippen LogP contribution in [-0.4, -0.2) is 33.9 Å². The summed E-state index contributed by atoms with van der Waals surface area (Å²) in [5.41, 5.74) is -0.168. The molecule has 0 amide bonds. The van der Waals surface area contributed by atoms with Crippen molar-refractivity contribution in [2.45, 2.75) is 57.5 Å². The number of carbonyl (C=O) groups is 1. The summed E-state index contributed by atoms with van der Waals surface area (Å²) in [6.07, 6.45) is 8.26. The van der Waals surface area contributed by atoms with Crippen LogP contribution in [-0.2, 0) is 23.8 Å². The molecule has 116 valence electrons. The predicted octanol–water partition coefficient (Wildman–Crippen LogP) is 2.25. The Morgan fingerprint density at radius 2 is 1.70 bits per heavy atom. The first-order valence-corrected chi connectivity index (χ1v) is 9.16. The molecule has 0 N–H and O–H groups in total. The molecule has 2 saturated carbocycles. The fourth-order valence-corrected chi connectivity index (χ4v) is 4.65. The highest BCUT2D eigenvalue weighted by Gasteiger charge is 2.50. The van der Waals surface area contributed by atoms with Crippen molar-refractivity contribution in [3.05, 3.63) is 0 Å². The Hall–Kier alpha value is -0.620. The van der Waals surface area contributed by atoms with E-state index in [1.165, 1.54) is 13.5 Å². The first kappa shape index (κ1) is 15.8. The fourth-order valence-electron chi connectivity index (χ4n) is 3.94. The molecule has 2 atom stereocenters. The molecule has 0 heterocycles. The lowest BCUT2D eigenvalue weighted by molar-refractivity contribution is -0.157.